The van der Waals surface area contributed by atoms with E-state index in [1.54, 1.807) is 13.8 Å². The minimum Gasteiger partial charge on any atom is -0.390 e. The van der Waals surface area contributed by atoms with Gasteiger partial charge in [0.05, 0.1) is 12.0 Å². The summed E-state index contributed by atoms with van der Waals surface area (Å²) < 4.78 is 2.09. The van der Waals surface area contributed by atoms with Gasteiger partial charge < -0.3 is 5.11 Å². The molecule has 24 heavy (non-hydrogen) atoms. The largest absolute Gasteiger partial charge is 0.390 e. The molecule has 0 unspecified atom stereocenters. The number of hydrogen-bond donors (Lipinski definition) is 2. The van der Waals surface area contributed by atoms with Crippen LogP contribution in [0.2, 0.25) is 0 Å². The van der Waals surface area contributed by atoms with Crippen molar-refractivity contribution in [2.75, 3.05) is 5.32 Å². The number of nitrogens with one attached hydrogen (secondary N) is 1. The number of hydrogen-bond acceptors (Lipinski definition) is 4. The first-order valence-electron chi connectivity index (χ1n) is 8.82. The van der Waals surface area contributed by atoms with Gasteiger partial charge in [-0.15, -0.1) is 0 Å². The van der Waals surface area contributed by atoms with Gasteiger partial charge in [-0.25, -0.2) is 9.97 Å². The summed E-state index contributed by atoms with van der Waals surface area (Å²) in [5.41, 5.74) is 1.80. The summed E-state index contributed by atoms with van der Waals surface area (Å²) >= 11 is 0. The van der Waals surface area contributed by atoms with Crippen LogP contribution in [0.25, 0.3) is 11.2 Å². The van der Waals surface area contributed by atoms with Crippen molar-refractivity contribution in [3.63, 3.8) is 0 Å². The second kappa shape index (κ2) is 5.55. The molecule has 2 aliphatic carbocycles. The zero-order valence-electron chi connectivity index (χ0n) is 14.2. The molecule has 0 aromatic carbocycles. The maximum atomic E-state index is 12.2. The van der Waals surface area contributed by atoms with E-state index in [0.717, 1.165) is 29.7 Å². The Kier molecular flexibility index (Phi) is 3.60. The van der Waals surface area contributed by atoms with E-state index in [2.05, 4.69) is 20.9 Å². The molecule has 0 saturated heterocycles. The van der Waals surface area contributed by atoms with Gasteiger partial charge in [0, 0.05) is 17.7 Å². The first kappa shape index (κ1) is 15.6. The Labute approximate surface area is 141 Å². The van der Waals surface area contributed by atoms with E-state index >= 15 is 0 Å². The fourth-order valence-electron chi connectivity index (χ4n) is 3.24. The van der Waals surface area contributed by atoms with Crippen molar-refractivity contribution in [2.45, 2.75) is 69.9 Å². The van der Waals surface area contributed by atoms with Gasteiger partial charge in [0.25, 0.3) is 0 Å². The zero-order chi connectivity index (χ0) is 16.9. The highest BCUT2D eigenvalue weighted by molar-refractivity contribution is 5.91. The Morgan fingerprint density at radius 3 is 2.62 bits per heavy atom. The minimum absolute atomic E-state index is 0.0433. The summed E-state index contributed by atoms with van der Waals surface area (Å²) in [6.07, 6.45) is 5.85. The normalized spacial score (nSPS) is 18.6. The molecule has 2 saturated carbocycles. The highest BCUT2D eigenvalue weighted by Gasteiger charge is 2.29. The predicted molar refractivity (Wildman–Crippen MR) is 91.9 cm³/mol. The van der Waals surface area contributed by atoms with Crippen molar-refractivity contribution in [1.82, 2.24) is 14.5 Å². The molecule has 4 rings (SSSR count). The van der Waals surface area contributed by atoms with Crippen LogP contribution in [0.15, 0.2) is 12.1 Å². The lowest BCUT2D eigenvalue weighted by molar-refractivity contribution is -0.119. The van der Waals surface area contributed by atoms with Crippen molar-refractivity contribution in [3.8, 4) is 0 Å². The molecule has 0 spiro atoms. The van der Waals surface area contributed by atoms with E-state index in [0.29, 0.717) is 17.9 Å². The number of carbonyl (C=O) groups excluding carboxylic acids is 1. The summed E-state index contributed by atoms with van der Waals surface area (Å²) in [5.74, 6) is 0.928. The van der Waals surface area contributed by atoms with Gasteiger partial charge in [-0.05, 0) is 58.1 Å². The number of aromatic nitrogens is 3. The topological polar surface area (TPSA) is 80.0 Å². The van der Waals surface area contributed by atoms with Crippen molar-refractivity contribution >= 4 is 23.0 Å². The smallest absolute Gasteiger partial charge is 0.229 e. The Morgan fingerprint density at radius 1 is 1.29 bits per heavy atom. The molecule has 2 fully saturated rings. The van der Waals surface area contributed by atoms with Crippen LogP contribution in [-0.4, -0.2) is 31.1 Å². The lowest BCUT2D eigenvalue weighted by atomic mass is 9.93. The number of nitrogens with zero attached hydrogens (tertiary/aromatic N) is 3. The first-order valence-corrected chi connectivity index (χ1v) is 8.82. The number of carbonyl (C=O) groups is 1. The summed E-state index contributed by atoms with van der Waals surface area (Å²) in [7, 11) is 0. The van der Waals surface area contributed by atoms with E-state index < -0.39 is 5.60 Å². The van der Waals surface area contributed by atoms with E-state index in [9.17, 15) is 9.90 Å². The van der Waals surface area contributed by atoms with E-state index in [1.807, 2.05) is 6.07 Å². The van der Waals surface area contributed by atoms with Crippen LogP contribution in [-0.2, 0) is 4.79 Å². The number of imidazole rings is 1. The maximum Gasteiger partial charge on any atom is 0.229 e. The van der Waals surface area contributed by atoms with Crippen molar-refractivity contribution < 1.29 is 9.90 Å². The lowest BCUT2D eigenvalue weighted by Crippen LogP contribution is -2.29. The third kappa shape index (κ3) is 3.02. The Bertz CT molecular complexity index is 782. The molecule has 6 nitrogen and oxygen atoms in total. The van der Waals surface area contributed by atoms with Gasteiger partial charge in [-0.3, -0.25) is 14.7 Å². The molecule has 0 atom stereocenters. The van der Waals surface area contributed by atoms with Crippen LogP contribution < -0.4 is 5.32 Å². The monoisotopic (exact) mass is 328 g/mol. The summed E-state index contributed by atoms with van der Waals surface area (Å²) in [6, 6.07) is 4.42. The molecule has 0 radical (unpaired) electrons. The average molecular weight is 328 g/mol. The first-order chi connectivity index (χ1) is 11.4. The molecular formula is C18H24N4O2. The molecular weight excluding hydrogens is 304 g/mol. The fourth-order valence-corrected chi connectivity index (χ4v) is 3.24. The number of anilines is 1. The zero-order valence-corrected chi connectivity index (χ0v) is 14.2. The number of fused-ring (bicyclic) bond motifs is 1. The third-order valence-corrected chi connectivity index (χ3v) is 4.84. The molecule has 1 amide bonds. The van der Waals surface area contributed by atoms with E-state index in [4.69, 9.17) is 4.98 Å². The average Bonchev–Trinajstić information content (AvgIpc) is 3.20. The minimum atomic E-state index is -1.03. The van der Waals surface area contributed by atoms with E-state index in [-0.39, 0.29) is 12.3 Å². The number of rotatable bonds is 5. The van der Waals surface area contributed by atoms with Crippen molar-refractivity contribution in [3.05, 3.63) is 17.8 Å². The number of amides is 1. The van der Waals surface area contributed by atoms with Crippen molar-refractivity contribution in [2.24, 2.45) is 0 Å². The van der Waals surface area contributed by atoms with Crippen LogP contribution in [0.3, 0.4) is 0 Å². The van der Waals surface area contributed by atoms with Crippen LogP contribution in [0.1, 0.15) is 70.0 Å². The van der Waals surface area contributed by atoms with E-state index in [1.165, 1.54) is 19.3 Å². The quantitative estimate of drug-likeness (QED) is 0.883. The molecule has 0 bridgehead atoms. The second-order valence-corrected chi connectivity index (χ2v) is 7.78. The molecule has 2 aliphatic rings. The lowest BCUT2D eigenvalue weighted by Gasteiger charge is -2.28. The summed E-state index contributed by atoms with van der Waals surface area (Å²) in [6.45, 7) is 3.26. The summed E-state index contributed by atoms with van der Waals surface area (Å²) in [5, 5.41) is 12.7. The molecule has 2 aromatic heterocycles. The number of aliphatic hydroxyl groups is 1. The van der Waals surface area contributed by atoms with Gasteiger partial charge in [0.2, 0.25) is 11.9 Å². The Morgan fingerprint density at radius 2 is 2.04 bits per heavy atom. The summed E-state index contributed by atoms with van der Waals surface area (Å²) in [4.78, 5) is 21.7. The van der Waals surface area contributed by atoms with Gasteiger partial charge in [-0.1, -0.05) is 0 Å². The van der Waals surface area contributed by atoms with Crippen LogP contribution in [0, 0.1) is 0 Å². The van der Waals surface area contributed by atoms with Gasteiger partial charge in [0.15, 0.2) is 5.65 Å². The Hall–Kier alpha value is -1.95. The van der Waals surface area contributed by atoms with Gasteiger partial charge in [-0.2, -0.15) is 0 Å². The third-order valence-electron chi connectivity index (χ3n) is 4.84. The predicted octanol–water partition coefficient (Wildman–Crippen LogP) is 3.13. The number of pyridine rings is 1. The molecule has 128 valence electrons. The standard InChI is InChI=1S/C18H24N4O2/c1-18(2,24)10-15(23)21-17-20-14-9-8-13(11-6-7-11)19-16(14)22(17)12-4-3-5-12/h8-9,11-12,24H,3-7,10H2,1-2H3,(H,20,21,23). The van der Waals surface area contributed by atoms with Gasteiger partial charge >= 0.3 is 0 Å². The van der Waals surface area contributed by atoms with Crippen LogP contribution >= 0.6 is 0 Å². The maximum absolute atomic E-state index is 12.2. The van der Waals surface area contributed by atoms with Crippen LogP contribution in [0.5, 0.6) is 0 Å². The van der Waals surface area contributed by atoms with Crippen molar-refractivity contribution in [1.29, 1.82) is 0 Å². The molecule has 6 heteroatoms. The van der Waals surface area contributed by atoms with Gasteiger partial charge in [0.1, 0.15) is 5.52 Å². The second-order valence-electron chi connectivity index (χ2n) is 7.78. The van der Waals surface area contributed by atoms with Crippen LogP contribution in [0.4, 0.5) is 5.95 Å². The molecule has 2 N–H and O–H groups in total. The highest BCUT2D eigenvalue weighted by Crippen LogP contribution is 2.41. The molecule has 2 aromatic rings. The SMILES string of the molecule is CC(C)(O)CC(=O)Nc1nc2ccc(C3CC3)nc2n1C1CCC1. The molecule has 0 aliphatic heterocycles. The molecule has 2 heterocycles. The Balaban J connectivity index is 1.69. The fraction of sp³-hybridized carbons (Fsp3) is 0.611. The highest BCUT2D eigenvalue weighted by atomic mass is 16.3.